The highest BCUT2D eigenvalue weighted by Gasteiger charge is 2.35. The molecule has 31 heavy (non-hydrogen) atoms. The number of furan rings is 1. The van der Waals surface area contributed by atoms with Gasteiger partial charge in [0.05, 0.1) is 22.0 Å². The first-order chi connectivity index (χ1) is 14.8. The van der Waals surface area contributed by atoms with Crippen LogP contribution in [0.1, 0.15) is 21.7 Å². The first kappa shape index (κ1) is 21.4. The van der Waals surface area contributed by atoms with Crippen molar-refractivity contribution >= 4 is 62.5 Å². The van der Waals surface area contributed by atoms with Gasteiger partial charge in [-0.15, -0.1) is 0 Å². The van der Waals surface area contributed by atoms with E-state index in [2.05, 4.69) is 15.9 Å². The number of carbonyl (C=O) groups is 3. The standard InChI is InChI=1S/C22H13BrClNO5S/c23-16-4-2-1-3-13(16)11-25-20(26)19(31-22(25)29)10-14-6-8-18(30-14)12-5-7-15(21(27)28)17(24)9-12/h1-10H,11H2,(H,27,28)/b19-10-. The van der Waals surface area contributed by atoms with Crippen LogP contribution in [0.3, 0.4) is 0 Å². The number of imide groups is 1. The summed E-state index contributed by atoms with van der Waals surface area (Å²) in [7, 11) is 0. The van der Waals surface area contributed by atoms with Crippen LogP contribution < -0.4 is 0 Å². The van der Waals surface area contributed by atoms with Crippen LogP contribution in [-0.4, -0.2) is 27.1 Å². The van der Waals surface area contributed by atoms with E-state index in [9.17, 15) is 14.4 Å². The van der Waals surface area contributed by atoms with E-state index in [4.69, 9.17) is 21.1 Å². The fraction of sp³-hybridized carbons (Fsp3) is 0.0455. The Kier molecular flexibility index (Phi) is 6.04. The van der Waals surface area contributed by atoms with E-state index in [-0.39, 0.29) is 27.3 Å². The molecular weight excluding hydrogens is 506 g/mol. The lowest BCUT2D eigenvalue weighted by Gasteiger charge is -2.13. The largest absolute Gasteiger partial charge is 0.478 e. The number of hydrogen-bond acceptors (Lipinski definition) is 5. The molecule has 2 aromatic carbocycles. The number of carboxylic acid groups (broad SMARTS) is 1. The van der Waals surface area contributed by atoms with Crippen molar-refractivity contribution in [3.05, 3.63) is 85.9 Å². The van der Waals surface area contributed by atoms with Crippen LogP contribution in [0.15, 0.2) is 68.4 Å². The van der Waals surface area contributed by atoms with Crippen molar-refractivity contribution in [2.75, 3.05) is 0 Å². The molecule has 3 aromatic rings. The lowest BCUT2D eigenvalue weighted by Crippen LogP contribution is -2.27. The molecule has 1 aliphatic rings. The summed E-state index contributed by atoms with van der Waals surface area (Å²) in [6.45, 7) is 0.168. The van der Waals surface area contributed by atoms with Gasteiger partial charge in [0.25, 0.3) is 11.1 Å². The second-order valence-electron chi connectivity index (χ2n) is 6.56. The van der Waals surface area contributed by atoms with Gasteiger partial charge in [-0.25, -0.2) is 4.79 Å². The third kappa shape index (κ3) is 4.46. The normalized spacial score (nSPS) is 15.2. The van der Waals surface area contributed by atoms with Crippen LogP contribution in [0.2, 0.25) is 5.02 Å². The molecule has 9 heteroatoms. The topological polar surface area (TPSA) is 87.8 Å². The summed E-state index contributed by atoms with van der Waals surface area (Å²) in [5, 5.41) is 8.82. The molecule has 0 spiro atoms. The number of rotatable bonds is 5. The van der Waals surface area contributed by atoms with E-state index in [1.54, 1.807) is 18.2 Å². The van der Waals surface area contributed by atoms with Gasteiger partial charge < -0.3 is 9.52 Å². The van der Waals surface area contributed by atoms with Gasteiger partial charge >= 0.3 is 5.97 Å². The fourth-order valence-corrected chi connectivity index (χ4v) is 4.48. The maximum Gasteiger partial charge on any atom is 0.337 e. The summed E-state index contributed by atoms with van der Waals surface area (Å²) in [4.78, 5) is 37.7. The van der Waals surface area contributed by atoms with E-state index >= 15 is 0 Å². The minimum atomic E-state index is -1.12. The van der Waals surface area contributed by atoms with Crippen LogP contribution in [0, 0.1) is 0 Å². The zero-order chi connectivity index (χ0) is 22.1. The zero-order valence-electron chi connectivity index (χ0n) is 15.7. The number of benzene rings is 2. The highest BCUT2D eigenvalue weighted by atomic mass is 79.9. The van der Waals surface area contributed by atoms with Crippen molar-refractivity contribution in [2.24, 2.45) is 0 Å². The van der Waals surface area contributed by atoms with Crippen LogP contribution in [-0.2, 0) is 11.3 Å². The Balaban J connectivity index is 1.55. The van der Waals surface area contributed by atoms with E-state index in [1.807, 2.05) is 24.3 Å². The predicted molar refractivity (Wildman–Crippen MR) is 122 cm³/mol. The van der Waals surface area contributed by atoms with Gasteiger partial charge in [-0.05, 0) is 47.7 Å². The Morgan fingerprint density at radius 1 is 1.16 bits per heavy atom. The smallest absolute Gasteiger partial charge is 0.337 e. The molecule has 1 saturated heterocycles. The first-order valence-corrected chi connectivity index (χ1v) is 10.9. The maximum absolute atomic E-state index is 12.7. The Morgan fingerprint density at radius 2 is 1.94 bits per heavy atom. The van der Waals surface area contributed by atoms with Gasteiger partial charge in [0, 0.05) is 16.1 Å². The van der Waals surface area contributed by atoms with Crippen molar-refractivity contribution in [2.45, 2.75) is 6.54 Å². The number of amides is 2. The number of thioether (sulfide) groups is 1. The van der Waals surface area contributed by atoms with E-state index < -0.39 is 11.9 Å². The van der Waals surface area contributed by atoms with E-state index in [0.717, 1.165) is 21.8 Å². The van der Waals surface area contributed by atoms with E-state index in [0.29, 0.717) is 17.1 Å². The summed E-state index contributed by atoms with van der Waals surface area (Å²) < 4.78 is 6.58. The SMILES string of the molecule is O=C(O)c1ccc(-c2ccc(/C=C3\SC(=O)N(Cc4ccccc4Br)C3=O)o2)cc1Cl. The average molecular weight is 519 g/mol. The molecular formula is C22H13BrClNO5S. The summed E-state index contributed by atoms with van der Waals surface area (Å²) in [5.74, 6) is -0.662. The van der Waals surface area contributed by atoms with Gasteiger partial charge in [-0.1, -0.05) is 51.8 Å². The minimum absolute atomic E-state index is 0.00377. The Hall–Kier alpha value is -2.81. The average Bonchev–Trinajstić information content (AvgIpc) is 3.29. The van der Waals surface area contributed by atoms with Gasteiger partial charge in [0.2, 0.25) is 0 Å². The molecule has 1 aliphatic heterocycles. The van der Waals surface area contributed by atoms with Crippen LogP contribution in [0.5, 0.6) is 0 Å². The number of hydrogen-bond donors (Lipinski definition) is 1. The number of carbonyl (C=O) groups excluding carboxylic acids is 2. The molecule has 156 valence electrons. The summed E-state index contributed by atoms with van der Waals surface area (Å²) in [5.41, 5.74) is 1.42. The molecule has 0 radical (unpaired) electrons. The molecule has 0 saturated carbocycles. The summed E-state index contributed by atoms with van der Waals surface area (Å²) in [6, 6.07) is 15.2. The highest BCUT2D eigenvalue weighted by Crippen LogP contribution is 2.35. The number of halogens is 2. The summed E-state index contributed by atoms with van der Waals surface area (Å²) in [6.07, 6.45) is 1.52. The molecule has 0 atom stereocenters. The number of nitrogens with zero attached hydrogens (tertiary/aromatic N) is 1. The van der Waals surface area contributed by atoms with Crippen molar-refractivity contribution in [3.8, 4) is 11.3 Å². The third-order valence-electron chi connectivity index (χ3n) is 4.54. The number of carboxylic acids is 1. The van der Waals surface area contributed by atoms with Gasteiger partial charge in [0.15, 0.2) is 0 Å². The Bertz CT molecular complexity index is 1250. The molecule has 1 fully saturated rings. The quantitative estimate of drug-likeness (QED) is 0.399. The molecule has 2 heterocycles. The lowest BCUT2D eigenvalue weighted by atomic mass is 10.1. The minimum Gasteiger partial charge on any atom is -0.478 e. The Morgan fingerprint density at radius 3 is 2.65 bits per heavy atom. The van der Waals surface area contributed by atoms with Crippen molar-refractivity contribution < 1.29 is 23.9 Å². The molecule has 0 aliphatic carbocycles. The summed E-state index contributed by atoms with van der Waals surface area (Å²) >= 11 is 10.3. The van der Waals surface area contributed by atoms with Crippen molar-refractivity contribution in [3.63, 3.8) is 0 Å². The molecule has 0 unspecified atom stereocenters. The molecule has 2 amide bonds. The molecule has 0 bridgehead atoms. The zero-order valence-corrected chi connectivity index (χ0v) is 18.8. The first-order valence-electron chi connectivity index (χ1n) is 8.95. The molecule has 1 aromatic heterocycles. The maximum atomic E-state index is 12.7. The Labute approximate surface area is 194 Å². The van der Waals surface area contributed by atoms with Gasteiger partial charge in [0.1, 0.15) is 11.5 Å². The third-order valence-corrected chi connectivity index (χ3v) is 6.54. The van der Waals surface area contributed by atoms with Crippen LogP contribution in [0.4, 0.5) is 4.79 Å². The van der Waals surface area contributed by atoms with Crippen molar-refractivity contribution in [1.29, 1.82) is 0 Å². The molecule has 1 N–H and O–H groups in total. The lowest BCUT2D eigenvalue weighted by molar-refractivity contribution is -0.123. The second-order valence-corrected chi connectivity index (χ2v) is 8.82. The van der Waals surface area contributed by atoms with Crippen LogP contribution >= 0.6 is 39.3 Å². The van der Waals surface area contributed by atoms with Crippen LogP contribution in [0.25, 0.3) is 17.4 Å². The highest BCUT2D eigenvalue weighted by molar-refractivity contribution is 9.10. The van der Waals surface area contributed by atoms with E-state index in [1.165, 1.54) is 23.1 Å². The van der Waals surface area contributed by atoms with Crippen molar-refractivity contribution in [1.82, 2.24) is 4.90 Å². The fourth-order valence-electron chi connectivity index (χ4n) is 2.99. The number of aromatic carboxylic acids is 1. The second kappa shape index (κ2) is 8.74. The van der Waals surface area contributed by atoms with Gasteiger partial charge in [-0.3, -0.25) is 14.5 Å². The molecule has 4 rings (SSSR count). The predicted octanol–water partition coefficient (Wildman–Crippen LogP) is 6.30. The monoisotopic (exact) mass is 517 g/mol. The van der Waals surface area contributed by atoms with Gasteiger partial charge in [-0.2, -0.15) is 0 Å². The molecule has 6 nitrogen and oxygen atoms in total.